The highest BCUT2D eigenvalue weighted by Crippen LogP contribution is 1.80. The molecule has 0 saturated heterocycles. The zero-order chi connectivity index (χ0) is 8.57. The topological polar surface area (TPSA) is 141 Å². The molecule has 7 heteroatoms. The number of nitrogens with two attached hydrogens (primary N) is 2. The first-order chi connectivity index (χ1) is 4.59. The van der Waals surface area contributed by atoms with Crippen molar-refractivity contribution < 1.29 is 20.5 Å². The maximum absolute atomic E-state index is 9.76. The fraction of sp³-hybridized carbons (Fsp3) is 0.750. The summed E-state index contributed by atoms with van der Waals surface area (Å²) in [4.78, 5) is 9.76. The SMILES string of the molecule is NCO.N[C@@H](CS)C(=O)O.O. The molecule has 0 amide bonds. The van der Waals surface area contributed by atoms with E-state index in [9.17, 15) is 4.79 Å². The highest BCUT2D eigenvalue weighted by Gasteiger charge is 2.06. The summed E-state index contributed by atoms with van der Waals surface area (Å²) in [5.74, 6) is -0.815. The summed E-state index contributed by atoms with van der Waals surface area (Å²) in [6, 6.07) is -0.816. The van der Waals surface area contributed by atoms with Crippen molar-refractivity contribution in [2.45, 2.75) is 6.04 Å². The summed E-state index contributed by atoms with van der Waals surface area (Å²) >= 11 is 3.65. The van der Waals surface area contributed by atoms with Crippen molar-refractivity contribution >= 4 is 18.6 Å². The first kappa shape index (κ1) is 17.0. The van der Waals surface area contributed by atoms with Crippen molar-refractivity contribution in [2.24, 2.45) is 11.5 Å². The predicted octanol–water partition coefficient (Wildman–Crippen LogP) is -2.60. The quantitative estimate of drug-likeness (QED) is 0.237. The van der Waals surface area contributed by atoms with E-state index in [-0.39, 0.29) is 18.0 Å². The fourth-order valence-electron chi connectivity index (χ4n) is 0.0781. The van der Waals surface area contributed by atoms with E-state index >= 15 is 0 Å². The Kier molecular flexibility index (Phi) is 19.0. The van der Waals surface area contributed by atoms with Gasteiger partial charge in [0.1, 0.15) is 6.04 Å². The van der Waals surface area contributed by atoms with Crippen LogP contribution in [0.1, 0.15) is 0 Å². The monoisotopic (exact) mass is 186 g/mol. The van der Waals surface area contributed by atoms with Crippen LogP contribution in [0.2, 0.25) is 0 Å². The molecule has 0 unspecified atom stereocenters. The average Bonchev–Trinajstić information content (AvgIpc) is 1.88. The zero-order valence-corrected chi connectivity index (χ0v) is 6.79. The van der Waals surface area contributed by atoms with E-state index < -0.39 is 12.0 Å². The fourth-order valence-corrected chi connectivity index (χ4v) is 0.234. The Bertz CT molecular complexity index is 92.2. The van der Waals surface area contributed by atoms with Crippen LogP contribution in [0.15, 0.2) is 0 Å². The molecule has 0 aliphatic carbocycles. The maximum atomic E-state index is 9.76. The van der Waals surface area contributed by atoms with Crippen LogP contribution < -0.4 is 11.5 Å². The van der Waals surface area contributed by atoms with Gasteiger partial charge in [-0.1, -0.05) is 0 Å². The second-order valence-electron chi connectivity index (χ2n) is 1.31. The Morgan fingerprint density at radius 1 is 1.64 bits per heavy atom. The average molecular weight is 186 g/mol. The highest BCUT2D eigenvalue weighted by atomic mass is 32.1. The van der Waals surface area contributed by atoms with Crippen LogP contribution in [0.3, 0.4) is 0 Å². The van der Waals surface area contributed by atoms with E-state index in [0.717, 1.165) is 0 Å². The molecule has 11 heavy (non-hydrogen) atoms. The second-order valence-corrected chi connectivity index (χ2v) is 1.68. The largest absolute Gasteiger partial charge is 0.480 e. The van der Waals surface area contributed by atoms with Gasteiger partial charge in [0.15, 0.2) is 0 Å². The molecule has 0 aromatic carbocycles. The molecule has 70 valence electrons. The Hall–Kier alpha value is -0.340. The summed E-state index contributed by atoms with van der Waals surface area (Å²) in [6.07, 6.45) is 0. The molecule has 0 radical (unpaired) electrons. The van der Waals surface area contributed by atoms with Gasteiger partial charge < -0.3 is 27.2 Å². The zero-order valence-electron chi connectivity index (χ0n) is 5.90. The molecule has 0 aliphatic heterocycles. The lowest BCUT2D eigenvalue weighted by Gasteiger charge is -1.96. The van der Waals surface area contributed by atoms with Crippen molar-refractivity contribution in [3.63, 3.8) is 0 Å². The molecule has 0 fully saturated rings. The van der Waals surface area contributed by atoms with Crippen LogP contribution in [-0.4, -0.2) is 40.2 Å². The van der Waals surface area contributed by atoms with E-state index in [2.05, 4.69) is 18.4 Å². The van der Waals surface area contributed by atoms with Crippen molar-refractivity contribution in [1.29, 1.82) is 0 Å². The molecule has 6 nitrogen and oxygen atoms in total. The Balaban J connectivity index is -0.000000140. The van der Waals surface area contributed by atoms with E-state index in [1.54, 1.807) is 0 Å². The third kappa shape index (κ3) is 17.7. The lowest BCUT2D eigenvalue weighted by Crippen LogP contribution is -2.31. The molecular formula is C4H14N2O4S. The van der Waals surface area contributed by atoms with Crippen molar-refractivity contribution in [3.05, 3.63) is 0 Å². The number of carboxylic acid groups (broad SMARTS) is 1. The second kappa shape index (κ2) is 12.3. The van der Waals surface area contributed by atoms with Gasteiger partial charge in [0, 0.05) is 5.75 Å². The molecule has 0 aliphatic rings. The highest BCUT2D eigenvalue weighted by molar-refractivity contribution is 7.80. The van der Waals surface area contributed by atoms with Crippen LogP contribution in [0.5, 0.6) is 0 Å². The van der Waals surface area contributed by atoms with Crippen LogP contribution in [-0.2, 0) is 4.79 Å². The molecule has 0 bridgehead atoms. The summed E-state index contributed by atoms with van der Waals surface area (Å²) in [5, 5.41) is 15.4. The number of rotatable bonds is 2. The predicted molar refractivity (Wildman–Crippen MR) is 44.4 cm³/mol. The Labute approximate surface area is 69.9 Å². The Morgan fingerprint density at radius 3 is 1.91 bits per heavy atom. The van der Waals surface area contributed by atoms with Crippen molar-refractivity contribution in [3.8, 4) is 0 Å². The molecule has 0 aromatic rings. The molecule has 0 aromatic heterocycles. The van der Waals surface area contributed by atoms with Crippen molar-refractivity contribution in [2.75, 3.05) is 12.5 Å². The number of thiol groups is 1. The standard InChI is InChI=1S/C3H7NO2S.CH5NO.H2O/c4-2(1-7)3(5)6;2-1-3;/h2,7H,1,4H2,(H,5,6);3H,1-2H2;1H2/t2-;;/m0../s1. The van der Waals surface area contributed by atoms with E-state index in [1.807, 2.05) is 0 Å². The third-order valence-corrected chi connectivity index (χ3v) is 0.907. The molecule has 0 saturated carbocycles. The van der Waals surface area contributed by atoms with Gasteiger partial charge in [0.2, 0.25) is 0 Å². The Morgan fingerprint density at radius 2 is 1.91 bits per heavy atom. The van der Waals surface area contributed by atoms with Crippen LogP contribution in [0.4, 0.5) is 0 Å². The molecule has 8 N–H and O–H groups in total. The number of carbonyl (C=O) groups is 1. The minimum atomic E-state index is -1.00. The normalized spacial score (nSPS) is 10.2. The summed E-state index contributed by atoms with van der Waals surface area (Å²) in [6.45, 7) is -0.250. The molecule has 1 atom stereocenters. The number of carboxylic acids is 1. The summed E-state index contributed by atoms with van der Waals surface area (Å²) in [5.41, 5.74) is 9.34. The minimum absolute atomic E-state index is 0. The lowest BCUT2D eigenvalue weighted by molar-refractivity contribution is -0.137. The molecule has 0 spiro atoms. The number of aliphatic hydroxyl groups is 1. The first-order valence-electron chi connectivity index (χ1n) is 2.50. The van der Waals surface area contributed by atoms with E-state index in [1.165, 1.54) is 0 Å². The first-order valence-corrected chi connectivity index (χ1v) is 3.13. The van der Waals surface area contributed by atoms with Gasteiger partial charge in [-0.3, -0.25) is 4.79 Å². The van der Waals surface area contributed by atoms with Crippen LogP contribution >= 0.6 is 12.6 Å². The number of aliphatic carboxylic acids is 1. The number of aliphatic hydroxyl groups excluding tert-OH is 1. The molecule has 0 heterocycles. The minimum Gasteiger partial charge on any atom is -0.480 e. The van der Waals surface area contributed by atoms with Crippen LogP contribution in [0, 0.1) is 0 Å². The van der Waals surface area contributed by atoms with E-state index in [4.69, 9.17) is 15.9 Å². The van der Waals surface area contributed by atoms with Gasteiger partial charge in [-0.15, -0.1) is 0 Å². The number of hydrogen-bond donors (Lipinski definition) is 5. The number of hydrogen-bond acceptors (Lipinski definition) is 5. The van der Waals surface area contributed by atoms with Gasteiger partial charge in [-0.05, 0) is 0 Å². The summed E-state index contributed by atoms with van der Waals surface area (Å²) < 4.78 is 0. The maximum Gasteiger partial charge on any atom is 0.321 e. The van der Waals surface area contributed by atoms with E-state index in [0.29, 0.717) is 0 Å². The molecular weight excluding hydrogens is 172 g/mol. The van der Waals surface area contributed by atoms with Crippen molar-refractivity contribution in [1.82, 2.24) is 0 Å². The van der Waals surface area contributed by atoms with Gasteiger partial charge in [0.25, 0.3) is 0 Å². The van der Waals surface area contributed by atoms with Gasteiger partial charge in [0.05, 0.1) is 6.73 Å². The smallest absolute Gasteiger partial charge is 0.321 e. The molecule has 0 rings (SSSR count). The summed E-state index contributed by atoms with van der Waals surface area (Å²) in [7, 11) is 0. The van der Waals surface area contributed by atoms with Crippen LogP contribution in [0.25, 0.3) is 0 Å². The van der Waals surface area contributed by atoms with Gasteiger partial charge in [-0.2, -0.15) is 12.6 Å². The lowest BCUT2D eigenvalue weighted by atomic mass is 10.4. The van der Waals surface area contributed by atoms with Gasteiger partial charge >= 0.3 is 5.97 Å². The third-order valence-electron chi connectivity index (χ3n) is 0.514. The van der Waals surface area contributed by atoms with Gasteiger partial charge in [-0.25, -0.2) is 0 Å².